The van der Waals surface area contributed by atoms with E-state index >= 15 is 0 Å². The molecule has 1 saturated heterocycles. The molecule has 1 rings (SSSR count). The van der Waals surface area contributed by atoms with E-state index in [1.54, 1.807) is 0 Å². The fourth-order valence-electron chi connectivity index (χ4n) is 10.5. The second-order valence-electron chi connectivity index (χ2n) is 22.8. The van der Waals surface area contributed by atoms with Crippen LogP contribution in [-0.4, -0.2) is 148 Å². The summed E-state index contributed by atoms with van der Waals surface area (Å²) in [6.07, 6.45) is 47.2. The molecule has 0 N–H and O–H groups in total. The summed E-state index contributed by atoms with van der Waals surface area (Å²) in [5.74, 6) is -0.719. The van der Waals surface area contributed by atoms with Gasteiger partial charge in [0.05, 0.1) is 52.6 Å². The Kier molecular flexibility index (Phi) is 51.6. The summed E-state index contributed by atoms with van der Waals surface area (Å²) in [4.78, 5) is 60.1. The van der Waals surface area contributed by atoms with Crippen LogP contribution >= 0.6 is 0 Å². The van der Waals surface area contributed by atoms with E-state index in [1.165, 1.54) is 200 Å². The van der Waals surface area contributed by atoms with E-state index in [0.29, 0.717) is 77.7 Å². The van der Waals surface area contributed by atoms with E-state index in [4.69, 9.17) is 18.9 Å². The van der Waals surface area contributed by atoms with Crippen molar-refractivity contribution in [2.75, 3.05) is 98.9 Å². The Bertz CT molecular complexity index is 1280. The first kappa shape index (κ1) is 71.7. The lowest BCUT2D eigenvalue weighted by molar-refractivity contribution is -0.145. The van der Waals surface area contributed by atoms with E-state index in [9.17, 15) is 19.2 Å². The molecule has 1 fully saturated rings. The Morgan fingerprint density at radius 2 is 0.645 bits per heavy atom. The predicted octanol–water partition coefficient (Wildman–Crippen LogP) is 15.1. The van der Waals surface area contributed by atoms with Gasteiger partial charge in [-0.1, -0.05) is 233 Å². The van der Waals surface area contributed by atoms with Crippen molar-refractivity contribution in [1.82, 2.24) is 19.6 Å². The fourth-order valence-corrected chi connectivity index (χ4v) is 10.5. The first-order valence-corrected chi connectivity index (χ1v) is 32.7. The van der Waals surface area contributed by atoms with Crippen molar-refractivity contribution in [3.63, 3.8) is 0 Å². The van der Waals surface area contributed by atoms with Gasteiger partial charge in [-0.25, -0.2) is 0 Å². The van der Waals surface area contributed by atoms with Gasteiger partial charge in [0.25, 0.3) is 0 Å². The Labute approximate surface area is 469 Å². The fraction of sp³-hybridized carbons (Fsp3) is 0.938. The van der Waals surface area contributed by atoms with Crippen LogP contribution in [0.4, 0.5) is 0 Å². The van der Waals surface area contributed by atoms with Crippen molar-refractivity contribution in [3.05, 3.63) is 0 Å². The van der Waals surface area contributed by atoms with Crippen LogP contribution in [0.15, 0.2) is 0 Å². The molecule has 76 heavy (non-hydrogen) atoms. The molecule has 12 heteroatoms. The zero-order chi connectivity index (χ0) is 55.2. The zero-order valence-electron chi connectivity index (χ0n) is 50.8. The highest BCUT2D eigenvalue weighted by Crippen LogP contribution is 2.16. The quantitative estimate of drug-likeness (QED) is 0.0328. The first-order chi connectivity index (χ1) is 37.2. The molecule has 0 unspecified atom stereocenters. The van der Waals surface area contributed by atoms with E-state index in [2.05, 4.69) is 47.3 Å². The molecule has 0 spiro atoms. The van der Waals surface area contributed by atoms with Crippen molar-refractivity contribution in [2.24, 2.45) is 0 Å². The van der Waals surface area contributed by atoms with Gasteiger partial charge >= 0.3 is 23.9 Å². The van der Waals surface area contributed by atoms with E-state index in [-0.39, 0.29) is 23.9 Å². The molecular formula is C64H124N4O8. The number of ether oxygens (including phenoxy) is 4. The topological polar surface area (TPSA) is 118 Å². The average Bonchev–Trinajstić information content (AvgIpc) is 3.42. The summed E-state index contributed by atoms with van der Waals surface area (Å²) in [6, 6.07) is 0.329. The molecule has 0 bridgehead atoms. The number of methoxy groups -OCH3 is 1. The molecule has 1 aliphatic heterocycles. The third kappa shape index (κ3) is 46.6. The first-order valence-electron chi connectivity index (χ1n) is 32.7. The minimum absolute atomic E-state index is 0.155. The lowest BCUT2D eigenvalue weighted by Gasteiger charge is -2.41. The van der Waals surface area contributed by atoms with Crippen LogP contribution in [0.2, 0.25) is 0 Å². The summed E-state index contributed by atoms with van der Waals surface area (Å²) < 4.78 is 21.9. The Morgan fingerprint density at radius 3 is 0.934 bits per heavy atom. The normalized spacial score (nSPS) is 14.2. The molecular weight excluding hydrogens is 953 g/mol. The predicted molar refractivity (Wildman–Crippen MR) is 317 cm³/mol. The number of nitrogens with zero attached hydrogens (tertiary/aromatic N) is 4. The molecule has 0 amide bonds. The lowest BCUT2D eigenvalue weighted by Crippen LogP contribution is -2.54. The molecule has 0 aromatic heterocycles. The number of esters is 4. The van der Waals surface area contributed by atoms with Gasteiger partial charge in [0.2, 0.25) is 0 Å². The second kappa shape index (κ2) is 54.7. The van der Waals surface area contributed by atoms with Gasteiger partial charge in [-0.05, 0) is 26.2 Å². The summed E-state index contributed by atoms with van der Waals surface area (Å²) >= 11 is 0. The summed E-state index contributed by atoms with van der Waals surface area (Å²) in [7, 11) is 1.42. The maximum Gasteiger partial charge on any atom is 0.307 e. The van der Waals surface area contributed by atoms with Gasteiger partial charge in [-0.2, -0.15) is 0 Å². The van der Waals surface area contributed by atoms with Crippen molar-refractivity contribution in [3.8, 4) is 0 Å². The smallest absolute Gasteiger partial charge is 0.307 e. The Hall–Kier alpha value is -2.28. The number of unbranched alkanes of at least 4 members (excludes halogenated alkanes) is 33. The Balaban J connectivity index is 2.53. The van der Waals surface area contributed by atoms with Crippen LogP contribution in [0, 0.1) is 0 Å². The van der Waals surface area contributed by atoms with Crippen LogP contribution in [0.5, 0.6) is 0 Å². The van der Waals surface area contributed by atoms with Crippen molar-refractivity contribution >= 4 is 23.9 Å². The van der Waals surface area contributed by atoms with Crippen LogP contribution in [0.1, 0.15) is 285 Å². The highest BCUT2D eigenvalue weighted by molar-refractivity contribution is 5.70. The van der Waals surface area contributed by atoms with Crippen molar-refractivity contribution in [1.29, 1.82) is 0 Å². The molecule has 0 radical (unpaired) electrons. The van der Waals surface area contributed by atoms with Crippen molar-refractivity contribution < 1.29 is 38.1 Å². The Morgan fingerprint density at radius 1 is 0.368 bits per heavy atom. The minimum Gasteiger partial charge on any atom is -0.469 e. The van der Waals surface area contributed by atoms with Crippen LogP contribution in [0.25, 0.3) is 0 Å². The van der Waals surface area contributed by atoms with Gasteiger partial charge < -0.3 is 28.7 Å². The molecule has 1 atom stereocenters. The largest absolute Gasteiger partial charge is 0.469 e. The van der Waals surface area contributed by atoms with Crippen LogP contribution in [0.3, 0.4) is 0 Å². The van der Waals surface area contributed by atoms with Gasteiger partial charge in [0.1, 0.15) is 0 Å². The van der Waals surface area contributed by atoms with Crippen molar-refractivity contribution in [2.45, 2.75) is 291 Å². The SMILES string of the molecule is CCCCCCCCCCCCCCOC(=O)CCN(CCC(=O)OCCCCCCCCCCCCCC)CCN1CCN(CCN(CCC(=O)OC)CCC(=O)OCCCCCCCCCCCCCC)[C@@H](C)C1. The summed E-state index contributed by atoms with van der Waals surface area (Å²) in [6.45, 7) is 18.7. The highest BCUT2D eigenvalue weighted by Gasteiger charge is 2.25. The second-order valence-corrected chi connectivity index (χ2v) is 22.8. The van der Waals surface area contributed by atoms with Gasteiger partial charge in [-0.15, -0.1) is 0 Å². The number of carbonyl (C=O) groups excluding carboxylic acids is 4. The third-order valence-corrected chi connectivity index (χ3v) is 15.8. The monoisotopic (exact) mass is 1080 g/mol. The molecule has 1 aliphatic rings. The maximum atomic E-state index is 12.9. The van der Waals surface area contributed by atoms with Crippen LogP contribution < -0.4 is 0 Å². The minimum atomic E-state index is -0.242. The number of rotatable bonds is 57. The summed E-state index contributed by atoms with van der Waals surface area (Å²) in [5, 5.41) is 0. The van der Waals surface area contributed by atoms with Gasteiger partial charge in [-0.3, -0.25) is 29.0 Å². The summed E-state index contributed by atoms with van der Waals surface area (Å²) in [5.41, 5.74) is 0. The molecule has 0 aromatic carbocycles. The van der Waals surface area contributed by atoms with E-state index in [1.807, 2.05) is 0 Å². The molecule has 12 nitrogen and oxygen atoms in total. The molecule has 0 aromatic rings. The van der Waals surface area contributed by atoms with Gasteiger partial charge in [0, 0.05) is 78.0 Å². The highest BCUT2D eigenvalue weighted by atomic mass is 16.5. The third-order valence-electron chi connectivity index (χ3n) is 15.8. The number of piperazine rings is 1. The average molecular weight is 1080 g/mol. The molecule has 0 saturated carbocycles. The standard InChI is InChI=1S/C64H124N4O8/c1-6-9-12-15-18-21-24-27-30-33-36-39-56-74-62(70)43-47-65(48-44-63(71)75-57-40-37-34-31-28-25-22-19-16-13-10-7-2)50-51-67-53-55-68(60(4)59-67)54-52-66(46-42-61(69)73-5)49-45-64(72)76-58-41-38-35-32-29-26-23-20-17-14-11-8-3/h60H,6-59H2,1-5H3/t60-/m0/s1. The zero-order valence-corrected chi connectivity index (χ0v) is 50.8. The molecule has 448 valence electrons. The lowest BCUT2D eigenvalue weighted by atomic mass is 10.1. The molecule has 1 heterocycles. The van der Waals surface area contributed by atoms with E-state index < -0.39 is 0 Å². The van der Waals surface area contributed by atoms with E-state index in [0.717, 1.165) is 84.3 Å². The maximum absolute atomic E-state index is 12.9. The van der Waals surface area contributed by atoms with Crippen LogP contribution in [-0.2, 0) is 38.1 Å². The number of hydrogen-bond donors (Lipinski definition) is 0. The number of carbonyl (C=O) groups is 4. The number of hydrogen-bond acceptors (Lipinski definition) is 12. The molecule has 0 aliphatic carbocycles. The van der Waals surface area contributed by atoms with Gasteiger partial charge in [0.15, 0.2) is 0 Å².